The molecule has 0 radical (unpaired) electrons. The van der Waals surface area contributed by atoms with E-state index in [1.165, 1.54) is 11.8 Å². The van der Waals surface area contributed by atoms with Crippen LogP contribution in [0, 0.1) is 0 Å². The van der Waals surface area contributed by atoms with Crippen molar-refractivity contribution in [2.75, 3.05) is 25.1 Å². The minimum absolute atomic E-state index is 0.00989. The zero-order valence-electron chi connectivity index (χ0n) is 17.6. The van der Waals surface area contributed by atoms with Crippen molar-refractivity contribution in [3.05, 3.63) is 58.3 Å². The highest BCUT2D eigenvalue weighted by atomic mass is 19.4. The summed E-state index contributed by atoms with van der Waals surface area (Å²) in [7, 11) is 0.895. The van der Waals surface area contributed by atoms with Gasteiger partial charge in [-0.25, -0.2) is 9.78 Å². The van der Waals surface area contributed by atoms with Crippen LogP contribution in [0.1, 0.15) is 46.0 Å². The molecule has 1 aliphatic rings. The van der Waals surface area contributed by atoms with Crippen molar-refractivity contribution in [2.24, 2.45) is 0 Å². The molecule has 186 valence electrons. The summed E-state index contributed by atoms with van der Waals surface area (Å²) in [5.41, 5.74) is -6.60. The Hall–Kier alpha value is -2.99. The zero-order valence-corrected chi connectivity index (χ0v) is 17.6. The molecule has 2 heterocycles. The molecule has 13 heteroatoms. The fourth-order valence-corrected chi connectivity index (χ4v) is 3.82. The summed E-state index contributed by atoms with van der Waals surface area (Å²) in [6.07, 6.45) is -14.3. The molecule has 0 amide bonds. The van der Waals surface area contributed by atoms with Crippen molar-refractivity contribution in [3.8, 4) is 0 Å². The molecule has 1 atom stereocenters. The maximum absolute atomic E-state index is 13.5. The smallest absolute Gasteiger partial charge is 0.417 e. The second-order valence-corrected chi connectivity index (χ2v) is 8.10. The average molecular weight is 500 g/mol. The number of alkyl halides is 9. The second-order valence-electron chi connectivity index (χ2n) is 8.10. The van der Waals surface area contributed by atoms with Crippen molar-refractivity contribution < 1.29 is 49.0 Å². The lowest BCUT2D eigenvalue weighted by atomic mass is 9.80. The minimum atomic E-state index is -5.03. The van der Waals surface area contributed by atoms with Crippen LogP contribution in [0.2, 0.25) is 0 Å². The molecule has 1 unspecified atom stereocenters. The molecule has 2 aromatic rings. The number of anilines is 1. The van der Waals surface area contributed by atoms with Crippen LogP contribution in [0.4, 0.5) is 45.3 Å². The van der Waals surface area contributed by atoms with Gasteiger partial charge in [0.1, 0.15) is 5.82 Å². The molecule has 0 spiro atoms. The van der Waals surface area contributed by atoms with Gasteiger partial charge in [-0.15, -0.1) is 0 Å². The van der Waals surface area contributed by atoms with Crippen molar-refractivity contribution in [3.63, 3.8) is 0 Å². The molecule has 1 aromatic carbocycles. The molecule has 1 aliphatic heterocycles. The lowest BCUT2D eigenvalue weighted by Gasteiger charge is -2.28. The van der Waals surface area contributed by atoms with Crippen LogP contribution < -0.4 is 4.90 Å². The largest absolute Gasteiger partial charge is 0.465 e. The summed E-state index contributed by atoms with van der Waals surface area (Å²) in [6.45, 7) is 1.24. The highest BCUT2D eigenvalue weighted by molar-refractivity contribution is 5.91. The highest BCUT2D eigenvalue weighted by Gasteiger charge is 2.43. The summed E-state index contributed by atoms with van der Waals surface area (Å²) in [5.74, 6) is -1.49. The number of esters is 1. The number of carbonyl (C=O) groups is 1. The van der Waals surface area contributed by atoms with E-state index in [0.29, 0.717) is 24.4 Å². The van der Waals surface area contributed by atoms with Gasteiger partial charge in [-0.3, -0.25) is 0 Å². The van der Waals surface area contributed by atoms with Gasteiger partial charge in [-0.2, -0.15) is 39.5 Å². The summed E-state index contributed by atoms with van der Waals surface area (Å²) in [5, 5.41) is 0. The van der Waals surface area contributed by atoms with Gasteiger partial charge in [0.05, 0.1) is 29.4 Å². The molecule has 1 fully saturated rings. The van der Waals surface area contributed by atoms with Crippen LogP contribution in [0.3, 0.4) is 0 Å². The number of carbonyl (C=O) groups excluding carboxylic acids is 1. The number of benzene rings is 1. The number of hydrogen-bond donors (Lipinski definition) is 0. The van der Waals surface area contributed by atoms with Crippen molar-refractivity contribution in [2.45, 2.75) is 37.3 Å². The van der Waals surface area contributed by atoms with Crippen LogP contribution in [0.15, 0.2) is 30.5 Å². The van der Waals surface area contributed by atoms with Gasteiger partial charge in [0.15, 0.2) is 0 Å². The molecule has 3 rings (SSSR count). The first kappa shape index (κ1) is 25.6. The first-order valence-electron chi connectivity index (χ1n) is 9.66. The molecule has 1 saturated heterocycles. The van der Waals surface area contributed by atoms with Gasteiger partial charge in [-0.05, 0) is 36.2 Å². The third-order valence-electron chi connectivity index (χ3n) is 5.68. The van der Waals surface area contributed by atoms with Gasteiger partial charge in [-0.1, -0.05) is 6.92 Å². The monoisotopic (exact) mass is 500 g/mol. The summed E-state index contributed by atoms with van der Waals surface area (Å²) >= 11 is 0. The van der Waals surface area contributed by atoms with Crippen LogP contribution in [0.25, 0.3) is 0 Å². The van der Waals surface area contributed by atoms with E-state index in [1.807, 2.05) is 0 Å². The molecule has 34 heavy (non-hydrogen) atoms. The number of rotatable bonds is 3. The van der Waals surface area contributed by atoms with E-state index in [1.54, 1.807) is 0 Å². The van der Waals surface area contributed by atoms with Crippen LogP contribution in [0.5, 0.6) is 0 Å². The Labute approximate surface area is 187 Å². The van der Waals surface area contributed by atoms with Gasteiger partial charge in [0.2, 0.25) is 0 Å². The zero-order chi connectivity index (χ0) is 25.7. The third-order valence-corrected chi connectivity index (χ3v) is 5.68. The number of pyridine rings is 1. The average Bonchev–Trinajstić information content (AvgIpc) is 3.14. The van der Waals surface area contributed by atoms with Crippen LogP contribution >= 0.6 is 0 Å². The van der Waals surface area contributed by atoms with Crippen molar-refractivity contribution in [1.29, 1.82) is 0 Å². The number of aromatic nitrogens is 1. The lowest BCUT2D eigenvalue weighted by Crippen LogP contribution is -2.30. The summed E-state index contributed by atoms with van der Waals surface area (Å²) in [4.78, 5) is 16.8. The fraction of sp³-hybridized carbons (Fsp3) is 0.429. The summed E-state index contributed by atoms with van der Waals surface area (Å²) in [6, 6.07) is 1.86. The molecule has 4 nitrogen and oxygen atoms in total. The molecular formula is C21H17F9N2O2. The standard InChI is InChI=1S/C21H17F9N2O2/c1-18(11-5-12(19(22,23)24)7-13(6-11)20(25,26)27)3-4-32(10-18)16-8-15(21(28,29)30)14(9-31-16)17(33)34-2/h5-9H,3-4,10H2,1-2H3. The fourth-order valence-electron chi connectivity index (χ4n) is 3.82. The molecular weight excluding hydrogens is 483 g/mol. The predicted octanol–water partition coefficient (Wildman–Crippen LogP) is 6.09. The first-order valence-corrected chi connectivity index (χ1v) is 9.66. The number of hydrogen-bond acceptors (Lipinski definition) is 4. The van der Waals surface area contributed by atoms with E-state index in [9.17, 15) is 44.3 Å². The second kappa shape index (κ2) is 8.35. The van der Waals surface area contributed by atoms with Crippen LogP contribution in [-0.2, 0) is 28.7 Å². The summed E-state index contributed by atoms with van der Waals surface area (Å²) < 4.78 is 124. The Morgan fingerprint density at radius 3 is 1.97 bits per heavy atom. The van der Waals surface area contributed by atoms with E-state index in [-0.39, 0.29) is 37.0 Å². The number of nitrogens with zero attached hydrogens (tertiary/aromatic N) is 2. The Morgan fingerprint density at radius 1 is 0.941 bits per heavy atom. The quantitative estimate of drug-likeness (QED) is 0.378. The van der Waals surface area contributed by atoms with Gasteiger partial charge in [0, 0.05) is 24.7 Å². The SMILES string of the molecule is COC(=O)c1cnc(N2CCC(C)(c3cc(C(F)(F)F)cc(C(F)(F)F)c3)C2)cc1C(F)(F)F. The molecule has 0 saturated carbocycles. The number of halogens is 9. The maximum Gasteiger partial charge on any atom is 0.417 e. The minimum Gasteiger partial charge on any atom is -0.465 e. The van der Waals surface area contributed by atoms with Gasteiger partial charge < -0.3 is 9.64 Å². The van der Waals surface area contributed by atoms with E-state index < -0.39 is 52.2 Å². The first-order chi connectivity index (χ1) is 15.5. The normalized spacial score (nSPS) is 19.4. The third kappa shape index (κ3) is 5.07. The molecule has 0 aliphatic carbocycles. The van der Waals surface area contributed by atoms with E-state index in [4.69, 9.17) is 0 Å². The van der Waals surface area contributed by atoms with E-state index in [0.717, 1.165) is 7.11 Å². The van der Waals surface area contributed by atoms with Crippen molar-refractivity contribution >= 4 is 11.8 Å². The van der Waals surface area contributed by atoms with E-state index >= 15 is 0 Å². The van der Waals surface area contributed by atoms with Crippen molar-refractivity contribution in [1.82, 2.24) is 4.98 Å². The van der Waals surface area contributed by atoms with Gasteiger partial charge in [0.25, 0.3) is 0 Å². The van der Waals surface area contributed by atoms with E-state index in [2.05, 4.69) is 9.72 Å². The van der Waals surface area contributed by atoms with Gasteiger partial charge >= 0.3 is 24.5 Å². The topological polar surface area (TPSA) is 42.4 Å². The predicted molar refractivity (Wildman–Crippen MR) is 101 cm³/mol. The maximum atomic E-state index is 13.5. The molecule has 0 N–H and O–H groups in total. The Balaban J connectivity index is 2.01. The number of methoxy groups -OCH3 is 1. The molecule has 1 aromatic heterocycles. The Kier molecular flexibility index (Phi) is 6.29. The molecule has 0 bridgehead atoms. The highest BCUT2D eigenvalue weighted by Crippen LogP contribution is 2.43. The Bertz CT molecular complexity index is 1060. The number of ether oxygens (including phenoxy) is 1. The Morgan fingerprint density at radius 2 is 1.50 bits per heavy atom. The lowest BCUT2D eigenvalue weighted by molar-refractivity contribution is -0.143. The van der Waals surface area contributed by atoms with Crippen LogP contribution in [-0.4, -0.2) is 31.2 Å².